The van der Waals surface area contributed by atoms with E-state index in [1.54, 1.807) is 0 Å². The molecule has 1 aliphatic heterocycles. The van der Waals surface area contributed by atoms with Crippen LogP contribution < -0.4 is 0 Å². The van der Waals surface area contributed by atoms with Crippen molar-refractivity contribution in [1.82, 2.24) is 9.29 Å². The Bertz CT molecular complexity index is 906. The Labute approximate surface area is 140 Å². The van der Waals surface area contributed by atoms with Crippen LogP contribution in [0.4, 0.5) is 0 Å². The Morgan fingerprint density at radius 1 is 1.25 bits per heavy atom. The summed E-state index contributed by atoms with van der Waals surface area (Å²) in [4.78, 5) is 15.0. The number of carbonyl (C=O) groups is 1. The second-order valence-electron chi connectivity index (χ2n) is 6.50. The van der Waals surface area contributed by atoms with Gasteiger partial charge in [-0.2, -0.15) is 4.31 Å². The van der Waals surface area contributed by atoms with Gasteiger partial charge >= 0.3 is 5.97 Å². The topological polar surface area (TPSA) is 87.6 Å². The molecule has 2 heterocycles. The summed E-state index contributed by atoms with van der Waals surface area (Å²) in [6, 6.07) is 10.1. The van der Waals surface area contributed by atoms with Crippen molar-refractivity contribution in [1.29, 1.82) is 0 Å². The van der Waals surface area contributed by atoms with Crippen molar-refractivity contribution in [2.24, 2.45) is 0 Å². The molecule has 6 nitrogen and oxygen atoms in total. The first-order valence-corrected chi connectivity index (χ1v) is 8.94. The number of pyridine rings is 1. The lowest BCUT2D eigenvalue weighted by molar-refractivity contribution is 0.0696. The predicted molar refractivity (Wildman–Crippen MR) is 88.3 cm³/mol. The molecule has 3 rings (SSSR count). The molecule has 0 atom stereocenters. The number of fused-ring (bicyclic) bond motifs is 1. The van der Waals surface area contributed by atoms with Gasteiger partial charge in [0.2, 0.25) is 0 Å². The third-order valence-corrected chi connectivity index (χ3v) is 5.94. The number of benzene rings is 1. The van der Waals surface area contributed by atoms with E-state index in [4.69, 9.17) is 5.11 Å². The molecule has 1 aliphatic rings. The summed E-state index contributed by atoms with van der Waals surface area (Å²) >= 11 is 0. The average Bonchev–Trinajstić information content (AvgIpc) is 2.54. The zero-order valence-corrected chi connectivity index (χ0v) is 14.2. The number of hydrogen-bond acceptors (Lipinski definition) is 4. The van der Waals surface area contributed by atoms with E-state index in [2.05, 4.69) is 4.98 Å². The molecule has 1 aromatic heterocycles. The Hall–Kier alpha value is -2.25. The van der Waals surface area contributed by atoms with Crippen molar-refractivity contribution in [3.63, 3.8) is 0 Å². The van der Waals surface area contributed by atoms with Crippen molar-refractivity contribution < 1.29 is 18.3 Å². The highest BCUT2D eigenvalue weighted by molar-refractivity contribution is 7.89. The van der Waals surface area contributed by atoms with Gasteiger partial charge in [-0.15, -0.1) is 0 Å². The first-order chi connectivity index (χ1) is 11.2. The second kappa shape index (κ2) is 5.68. The molecule has 0 fully saturated rings. The van der Waals surface area contributed by atoms with E-state index < -0.39 is 16.0 Å². The van der Waals surface area contributed by atoms with E-state index in [9.17, 15) is 13.2 Å². The molecule has 0 spiro atoms. The number of sulfonamides is 1. The van der Waals surface area contributed by atoms with Crippen LogP contribution in [0.15, 0.2) is 47.6 Å². The zero-order chi connectivity index (χ0) is 17.5. The highest BCUT2D eigenvalue weighted by Crippen LogP contribution is 2.35. The van der Waals surface area contributed by atoms with E-state index in [0.717, 1.165) is 17.2 Å². The molecule has 0 aliphatic carbocycles. The molecule has 2 aromatic rings. The molecule has 24 heavy (non-hydrogen) atoms. The van der Waals surface area contributed by atoms with Gasteiger partial charge in [-0.1, -0.05) is 38.1 Å². The third-order valence-electron chi connectivity index (χ3n) is 4.25. The summed E-state index contributed by atoms with van der Waals surface area (Å²) in [5.41, 5.74) is 1.64. The van der Waals surface area contributed by atoms with Crippen LogP contribution in [0.25, 0.3) is 0 Å². The van der Waals surface area contributed by atoms with Crippen LogP contribution in [-0.4, -0.2) is 35.3 Å². The number of hydrogen-bond donors (Lipinski definition) is 1. The van der Waals surface area contributed by atoms with Gasteiger partial charge in [-0.25, -0.2) is 18.2 Å². The Balaban J connectivity index is 2.03. The van der Waals surface area contributed by atoms with Gasteiger partial charge in [0.05, 0.1) is 5.56 Å². The Morgan fingerprint density at radius 3 is 2.67 bits per heavy atom. The molecule has 1 aromatic carbocycles. The summed E-state index contributed by atoms with van der Waals surface area (Å²) in [7, 11) is -3.87. The van der Waals surface area contributed by atoms with E-state index >= 15 is 0 Å². The van der Waals surface area contributed by atoms with Crippen molar-refractivity contribution in [2.75, 3.05) is 6.54 Å². The van der Waals surface area contributed by atoms with Crippen LogP contribution in [0.2, 0.25) is 0 Å². The van der Waals surface area contributed by atoms with Crippen LogP contribution in [-0.2, 0) is 22.0 Å². The molecule has 0 saturated heterocycles. The Kier molecular flexibility index (Phi) is 3.93. The zero-order valence-electron chi connectivity index (χ0n) is 13.4. The third kappa shape index (κ3) is 2.81. The molecule has 0 amide bonds. The fourth-order valence-electron chi connectivity index (χ4n) is 3.08. The van der Waals surface area contributed by atoms with Crippen LogP contribution >= 0.6 is 0 Å². The quantitative estimate of drug-likeness (QED) is 0.921. The summed E-state index contributed by atoms with van der Waals surface area (Å²) in [6.45, 7) is 4.55. The summed E-state index contributed by atoms with van der Waals surface area (Å²) in [5.74, 6) is -1.18. The molecule has 0 bridgehead atoms. The fraction of sp³-hybridized carbons (Fsp3) is 0.294. The number of rotatable bonds is 3. The molecular formula is C17H18N2O4S. The van der Waals surface area contributed by atoms with E-state index in [1.165, 1.54) is 16.6 Å². The molecule has 0 radical (unpaired) electrons. The average molecular weight is 346 g/mol. The minimum absolute atomic E-state index is 0.0970. The van der Waals surface area contributed by atoms with Crippen LogP contribution in [0.5, 0.6) is 0 Å². The smallest absolute Gasteiger partial charge is 0.335 e. The molecule has 0 saturated carbocycles. The van der Waals surface area contributed by atoms with Gasteiger partial charge < -0.3 is 5.11 Å². The monoisotopic (exact) mass is 346 g/mol. The lowest BCUT2D eigenvalue weighted by Crippen LogP contribution is -2.45. The van der Waals surface area contributed by atoms with Crippen LogP contribution in [0.1, 0.15) is 35.3 Å². The van der Waals surface area contributed by atoms with E-state index in [1.807, 2.05) is 38.1 Å². The number of aromatic nitrogens is 1. The first-order valence-electron chi connectivity index (χ1n) is 7.50. The van der Waals surface area contributed by atoms with Gasteiger partial charge in [0.25, 0.3) is 10.0 Å². The van der Waals surface area contributed by atoms with Gasteiger partial charge in [0, 0.05) is 24.7 Å². The summed E-state index contributed by atoms with van der Waals surface area (Å²) < 4.78 is 27.2. The molecule has 1 N–H and O–H groups in total. The van der Waals surface area contributed by atoms with Gasteiger partial charge in [-0.3, -0.25) is 0 Å². The first kappa shape index (κ1) is 16.6. The lowest BCUT2D eigenvalue weighted by Gasteiger charge is -2.38. The highest BCUT2D eigenvalue weighted by Gasteiger charge is 2.38. The van der Waals surface area contributed by atoms with E-state index in [0.29, 0.717) is 6.54 Å². The highest BCUT2D eigenvalue weighted by atomic mass is 32.2. The van der Waals surface area contributed by atoms with Gasteiger partial charge in [-0.05, 0) is 23.3 Å². The van der Waals surface area contributed by atoms with Crippen molar-refractivity contribution in [3.05, 3.63) is 59.3 Å². The minimum atomic E-state index is -3.87. The number of carboxylic acids is 1. The second-order valence-corrected chi connectivity index (χ2v) is 8.39. The molecule has 0 unspecified atom stereocenters. The SMILES string of the molecule is CC1(C)CN(S(=O)(=O)c2cc(C(=O)O)ccn2)Cc2ccccc21. The van der Waals surface area contributed by atoms with Gasteiger partial charge in [0.1, 0.15) is 0 Å². The predicted octanol–water partition coefficient (Wildman–Crippen LogP) is 2.26. The largest absolute Gasteiger partial charge is 0.478 e. The number of nitrogens with zero attached hydrogens (tertiary/aromatic N) is 2. The van der Waals surface area contributed by atoms with E-state index in [-0.39, 0.29) is 22.5 Å². The number of aromatic carboxylic acids is 1. The Morgan fingerprint density at radius 2 is 1.96 bits per heavy atom. The number of carboxylic acid groups (broad SMARTS) is 1. The maximum absolute atomic E-state index is 12.9. The standard InChI is InChI=1S/C17H18N2O4S/c1-17(2)11-19(10-13-5-3-4-6-14(13)17)24(22,23)15-9-12(16(20)21)7-8-18-15/h3-9H,10-11H2,1-2H3,(H,20,21). The van der Waals surface area contributed by atoms with Crippen LogP contribution in [0.3, 0.4) is 0 Å². The van der Waals surface area contributed by atoms with Crippen molar-refractivity contribution in [2.45, 2.75) is 30.8 Å². The van der Waals surface area contributed by atoms with Crippen molar-refractivity contribution in [3.8, 4) is 0 Å². The normalized spacial score (nSPS) is 17.2. The summed E-state index contributed by atoms with van der Waals surface area (Å²) in [6.07, 6.45) is 1.21. The summed E-state index contributed by atoms with van der Waals surface area (Å²) in [5, 5.41) is 8.82. The lowest BCUT2D eigenvalue weighted by atomic mass is 9.79. The van der Waals surface area contributed by atoms with Crippen LogP contribution in [0, 0.1) is 0 Å². The van der Waals surface area contributed by atoms with Gasteiger partial charge in [0.15, 0.2) is 5.03 Å². The molecule has 7 heteroatoms. The maximum Gasteiger partial charge on any atom is 0.335 e. The minimum Gasteiger partial charge on any atom is -0.478 e. The molecular weight excluding hydrogens is 328 g/mol. The fourth-order valence-corrected chi connectivity index (χ4v) is 4.61. The van der Waals surface area contributed by atoms with Crippen molar-refractivity contribution >= 4 is 16.0 Å². The molecule has 126 valence electrons. The maximum atomic E-state index is 12.9.